The van der Waals surface area contributed by atoms with Crippen LogP contribution in [-0.4, -0.2) is 25.7 Å². The smallest absolute Gasteiger partial charge is 0.373 e. The topological polar surface area (TPSA) is 66.9 Å². The van der Waals surface area contributed by atoms with Crippen LogP contribution in [0.2, 0.25) is 0 Å². The van der Waals surface area contributed by atoms with Gasteiger partial charge in [-0.1, -0.05) is 0 Å². The molecule has 1 unspecified atom stereocenters. The molecule has 0 bridgehead atoms. The predicted molar refractivity (Wildman–Crippen MR) is 54.7 cm³/mol. The Morgan fingerprint density at radius 1 is 1.39 bits per heavy atom. The number of hydrogen-bond acceptors (Lipinski definition) is 3. The lowest BCUT2D eigenvalue weighted by atomic mass is 10.0. The van der Waals surface area contributed by atoms with E-state index in [1.807, 2.05) is 0 Å². The van der Waals surface area contributed by atoms with Crippen LogP contribution in [0.25, 0.3) is 0 Å². The van der Waals surface area contributed by atoms with Crippen LogP contribution < -0.4 is 0 Å². The van der Waals surface area contributed by atoms with E-state index >= 15 is 0 Å². The summed E-state index contributed by atoms with van der Waals surface area (Å²) >= 11 is 0. The van der Waals surface area contributed by atoms with Crippen molar-refractivity contribution in [1.82, 2.24) is 0 Å². The van der Waals surface area contributed by atoms with Gasteiger partial charge in [-0.2, -0.15) is 21.6 Å². The molecule has 1 aliphatic rings. The standard InChI is InChI=1S/C10H9F3O4S/c11-10(12,13)9-2-1-8(18(14,15)16)4-6(9)3-7-5-17-7/h1-2,4,7H,3,5H2,(H,14,15,16). The van der Waals surface area contributed by atoms with E-state index < -0.39 is 26.8 Å². The fourth-order valence-corrected chi connectivity index (χ4v) is 2.14. The van der Waals surface area contributed by atoms with Crippen molar-refractivity contribution in [3.8, 4) is 0 Å². The van der Waals surface area contributed by atoms with Crippen molar-refractivity contribution < 1.29 is 30.9 Å². The highest BCUT2D eigenvalue weighted by Crippen LogP contribution is 2.34. The number of halogens is 3. The van der Waals surface area contributed by atoms with E-state index in [1.54, 1.807) is 0 Å². The molecular formula is C10H9F3O4S. The summed E-state index contributed by atoms with van der Waals surface area (Å²) in [6, 6.07) is 2.22. The maximum absolute atomic E-state index is 12.7. The van der Waals surface area contributed by atoms with Gasteiger partial charge >= 0.3 is 6.18 Å². The molecule has 0 amide bonds. The lowest BCUT2D eigenvalue weighted by molar-refractivity contribution is -0.138. The number of alkyl halides is 3. The first-order chi connectivity index (χ1) is 8.18. The van der Waals surface area contributed by atoms with Crippen LogP contribution in [0.1, 0.15) is 11.1 Å². The van der Waals surface area contributed by atoms with Crippen LogP contribution in [0.3, 0.4) is 0 Å². The fraction of sp³-hybridized carbons (Fsp3) is 0.400. The molecule has 1 aliphatic heterocycles. The van der Waals surface area contributed by atoms with E-state index in [0.29, 0.717) is 12.7 Å². The quantitative estimate of drug-likeness (QED) is 0.679. The molecule has 0 spiro atoms. The molecule has 1 saturated heterocycles. The molecule has 1 fully saturated rings. The number of epoxide rings is 1. The Labute approximate surface area is 101 Å². The zero-order valence-electron chi connectivity index (χ0n) is 8.94. The van der Waals surface area contributed by atoms with Gasteiger partial charge in [0.1, 0.15) is 0 Å². The highest BCUT2D eigenvalue weighted by Gasteiger charge is 2.36. The Morgan fingerprint density at radius 2 is 2.00 bits per heavy atom. The Balaban J connectivity index is 2.47. The Bertz CT molecular complexity index is 561. The monoisotopic (exact) mass is 282 g/mol. The molecule has 1 atom stereocenters. The molecule has 1 heterocycles. The molecule has 0 aliphatic carbocycles. The summed E-state index contributed by atoms with van der Waals surface area (Å²) in [5.74, 6) is 0. The Morgan fingerprint density at radius 3 is 2.44 bits per heavy atom. The van der Waals surface area contributed by atoms with Crippen LogP contribution in [-0.2, 0) is 27.5 Å². The second-order valence-corrected chi connectivity index (χ2v) is 5.37. The van der Waals surface area contributed by atoms with Gasteiger partial charge in [-0.25, -0.2) is 0 Å². The third kappa shape index (κ3) is 3.01. The zero-order chi connectivity index (χ0) is 13.6. The van der Waals surface area contributed by atoms with Gasteiger partial charge < -0.3 is 4.74 Å². The summed E-state index contributed by atoms with van der Waals surface area (Å²) in [5.41, 5.74) is -1.11. The lowest BCUT2D eigenvalue weighted by Crippen LogP contribution is -2.12. The maximum Gasteiger partial charge on any atom is 0.416 e. The molecule has 0 aromatic heterocycles. The second-order valence-electron chi connectivity index (χ2n) is 3.95. The number of benzene rings is 1. The van der Waals surface area contributed by atoms with Gasteiger partial charge in [0.15, 0.2) is 0 Å². The zero-order valence-corrected chi connectivity index (χ0v) is 9.75. The summed E-state index contributed by atoms with van der Waals surface area (Å²) in [6.45, 7) is 0.355. The van der Waals surface area contributed by atoms with Crippen molar-refractivity contribution in [3.63, 3.8) is 0 Å². The molecule has 100 valence electrons. The van der Waals surface area contributed by atoms with Crippen LogP contribution >= 0.6 is 0 Å². The first-order valence-corrected chi connectivity index (χ1v) is 6.41. The van der Waals surface area contributed by atoms with Gasteiger partial charge in [0.2, 0.25) is 0 Å². The van der Waals surface area contributed by atoms with Crippen molar-refractivity contribution in [2.24, 2.45) is 0 Å². The molecule has 1 aromatic carbocycles. The molecule has 0 saturated carbocycles. The van der Waals surface area contributed by atoms with Crippen LogP contribution in [0.15, 0.2) is 23.1 Å². The molecule has 2 rings (SSSR count). The summed E-state index contributed by atoms with van der Waals surface area (Å²) in [5, 5.41) is 0. The third-order valence-electron chi connectivity index (χ3n) is 2.53. The normalized spacial score (nSPS) is 19.9. The SMILES string of the molecule is O=S(=O)(O)c1ccc(C(F)(F)F)c(CC2CO2)c1. The maximum atomic E-state index is 12.7. The first kappa shape index (κ1) is 13.3. The molecule has 18 heavy (non-hydrogen) atoms. The molecule has 1 aromatic rings. The minimum absolute atomic E-state index is 0.0296. The summed E-state index contributed by atoms with van der Waals surface area (Å²) in [7, 11) is -4.51. The average Bonchev–Trinajstić information content (AvgIpc) is 2.98. The molecular weight excluding hydrogens is 273 g/mol. The minimum Gasteiger partial charge on any atom is -0.373 e. The number of ether oxygens (including phenoxy) is 1. The first-order valence-electron chi connectivity index (χ1n) is 4.97. The largest absolute Gasteiger partial charge is 0.416 e. The highest BCUT2D eigenvalue weighted by atomic mass is 32.2. The second kappa shape index (κ2) is 4.22. The minimum atomic E-state index is -4.57. The molecule has 1 N–H and O–H groups in total. The van der Waals surface area contributed by atoms with Gasteiger partial charge in [0.05, 0.1) is 23.2 Å². The molecule has 0 radical (unpaired) electrons. The molecule has 8 heteroatoms. The van der Waals surface area contributed by atoms with Gasteiger partial charge in [0, 0.05) is 6.42 Å². The van der Waals surface area contributed by atoms with Crippen LogP contribution in [0.4, 0.5) is 13.2 Å². The highest BCUT2D eigenvalue weighted by molar-refractivity contribution is 7.85. The van der Waals surface area contributed by atoms with Gasteiger partial charge in [-0.3, -0.25) is 4.55 Å². The van der Waals surface area contributed by atoms with Crippen molar-refractivity contribution in [2.75, 3.05) is 6.61 Å². The summed E-state index contributed by atoms with van der Waals surface area (Å²) in [4.78, 5) is -0.550. The van der Waals surface area contributed by atoms with E-state index in [1.165, 1.54) is 0 Å². The molecule has 4 nitrogen and oxygen atoms in total. The van der Waals surface area contributed by atoms with Crippen molar-refractivity contribution in [1.29, 1.82) is 0 Å². The Kier molecular flexibility index (Phi) is 3.12. The summed E-state index contributed by atoms with van der Waals surface area (Å²) < 4.78 is 73.5. The Hall–Kier alpha value is -1.12. The predicted octanol–water partition coefficient (Wildman–Crippen LogP) is 1.89. The fourth-order valence-electron chi connectivity index (χ4n) is 1.61. The van der Waals surface area contributed by atoms with E-state index in [9.17, 15) is 21.6 Å². The van der Waals surface area contributed by atoms with E-state index in [0.717, 1.165) is 12.1 Å². The van der Waals surface area contributed by atoms with Gasteiger partial charge in [0.25, 0.3) is 10.1 Å². The lowest BCUT2D eigenvalue weighted by Gasteiger charge is -2.13. The van der Waals surface area contributed by atoms with Gasteiger partial charge in [-0.15, -0.1) is 0 Å². The average molecular weight is 282 g/mol. The van der Waals surface area contributed by atoms with E-state index in [4.69, 9.17) is 9.29 Å². The number of rotatable bonds is 3. The van der Waals surface area contributed by atoms with Crippen molar-refractivity contribution >= 4 is 10.1 Å². The number of hydrogen-bond donors (Lipinski definition) is 1. The van der Waals surface area contributed by atoms with Crippen LogP contribution in [0, 0.1) is 0 Å². The van der Waals surface area contributed by atoms with Gasteiger partial charge in [-0.05, 0) is 23.8 Å². The third-order valence-corrected chi connectivity index (χ3v) is 3.38. The summed E-state index contributed by atoms with van der Waals surface area (Å²) in [6.07, 6.45) is -4.91. The van der Waals surface area contributed by atoms with Crippen LogP contribution in [0.5, 0.6) is 0 Å². The van der Waals surface area contributed by atoms with Crippen molar-refractivity contribution in [2.45, 2.75) is 23.6 Å². The van der Waals surface area contributed by atoms with E-state index in [2.05, 4.69) is 0 Å². The van der Waals surface area contributed by atoms with E-state index in [-0.39, 0.29) is 18.1 Å². The van der Waals surface area contributed by atoms with Crippen molar-refractivity contribution in [3.05, 3.63) is 29.3 Å².